The molecule has 90 valence electrons. The van der Waals surface area contributed by atoms with E-state index >= 15 is 0 Å². The zero-order valence-electron chi connectivity index (χ0n) is 10.1. The van der Waals surface area contributed by atoms with Crippen LogP contribution in [0.3, 0.4) is 0 Å². The van der Waals surface area contributed by atoms with Crippen molar-refractivity contribution in [2.45, 2.75) is 13.3 Å². The average molecular weight is 239 g/mol. The SMILES string of the molecule is Cc1cccc(C(=O)c2cccc3c2OCC3)n1. The van der Waals surface area contributed by atoms with Crippen LogP contribution in [0.15, 0.2) is 36.4 Å². The summed E-state index contributed by atoms with van der Waals surface area (Å²) in [7, 11) is 0. The molecule has 3 rings (SSSR count). The summed E-state index contributed by atoms with van der Waals surface area (Å²) >= 11 is 0. The van der Waals surface area contributed by atoms with Gasteiger partial charge in [-0.3, -0.25) is 4.79 Å². The number of nitrogens with zero attached hydrogens (tertiary/aromatic N) is 1. The largest absolute Gasteiger partial charge is 0.492 e. The summed E-state index contributed by atoms with van der Waals surface area (Å²) in [5.41, 5.74) is 3.03. The third-order valence-electron chi connectivity index (χ3n) is 3.08. The Balaban J connectivity index is 2.06. The first-order chi connectivity index (χ1) is 8.75. The smallest absolute Gasteiger partial charge is 0.215 e. The van der Waals surface area contributed by atoms with E-state index in [1.807, 2.05) is 31.2 Å². The number of hydrogen-bond donors (Lipinski definition) is 0. The number of ether oxygens (including phenoxy) is 1. The number of benzene rings is 1. The lowest BCUT2D eigenvalue weighted by molar-refractivity contribution is 0.103. The summed E-state index contributed by atoms with van der Waals surface area (Å²) in [6.07, 6.45) is 0.873. The highest BCUT2D eigenvalue weighted by molar-refractivity contribution is 6.09. The summed E-state index contributed by atoms with van der Waals surface area (Å²) in [5.74, 6) is 0.656. The molecule has 1 aromatic heterocycles. The van der Waals surface area contributed by atoms with Crippen LogP contribution in [0.4, 0.5) is 0 Å². The fraction of sp³-hybridized carbons (Fsp3) is 0.200. The van der Waals surface area contributed by atoms with Crippen LogP contribution < -0.4 is 4.74 Å². The van der Waals surface area contributed by atoms with Crippen molar-refractivity contribution in [2.75, 3.05) is 6.61 Å². The number of rotatable bonds is 2. The third kappa shape index (κ3) is 1.78. The van der Waals surface area contributed by atoms with Crippen LogP contribution in [0.25, 0.3) is 0 Å². The Kier molecular flexibility index (Phi) is 2.59. The molecule has 3 heteroatoms. The molecule has 0 bridgehead atoms. The minimum Gasteiger partial charge on any atom is -0.492 e. The van der Waals surface area contributed by atoms with E-state index in [1.165, 1.54) is 0 Å². The van der Waals surface area contributed by atoms with E-state index in [0.717, 1.165) is 23.4 Å². The number of ketones is 1. The van der Waals surface area contributed by atoms with Gasteiger partial charge < -0.3 is 4.74 Å². The third-order valence-corrected chi connectivity index (χ3v) is 3.08. The van der Waals surface area contributed by atoms with E-state index in [2.05, 4.69) is 4.98 Å². The topological polar surface area (TPSA) is 39.2 Å². The summed E-state index contributed by atoms with van der Waals surface area (Å²) in [4.78, 5) is 16.7. The fourth-order valence-electron chi connectivity index (χ4n) is 2.20. The molecule has 0 amide bonds. The maximum atomic E-state index is 12.4. The van der Waals surface area contributed by atoms with Crippen molar-refractivity contribution in [3.63, 3.8) is 0 Å². The van der Waals surface area contributed by atoms with Crippen LogP contribution in [0, 0.1) is 6.92 Å². The van der Waals surface area contributed by atoms with Crippen LogP contribution in [-0.4, -0.2) is 17.4 Å². The molecule has 1 aromatic carbocycles. The maximum absolute atomic E-state index is 12.4. The molecular formula is C15H13NO2. The maximum Gasteiger partial charge on any atom is 0.215 e. The predicted molar refractivity (Wildman–Crippen MR) is 68.0 cm³/mol. The minimum atomic E-state index is -0.0718. The molecule has 1 aliphatic rings. The monoisotopic (exact) mass is 239 g/mol. The van der Waals surface area contributed by atoms with Crippen LogP contribution in [0.2, 0.25) is 0 Å². The van der Waals surface area contributed by atoms with Gasteiger partial charge in [-0.1, -0.05) is 18.2 Å². The standard InChI is InChI=1S/C15H13NO2/c1-10-4-2-7-13(16-10)14(17)12-6-3-5-11-8-9-18-15(11)12/h2-7H,8-9H2,1H3. The Labute approximate surface area is 105 Å². The van der Waals surface area contributed by atoms with Crippen molar-refractivity contribution in [2.24, 2.45) is 0 Å². The highest BCUT2D eigenvalue weighted by Crippen LogP contribution is 2.30. The Morgan fingerprint density at radius 2 is 2.06 bits per heavy atom. The Hall–Kier alpha value is -2.16. The summed E-state index contributed by atoms with van der Waals surface area (Å²) < 4.78 is 5.55. The van der Waals surface area contributed by atoms with E-state index in [9.17, 15) is 4.79 Å². The molecule has 3 nitrogen and oxygen atoms in total. The van der Waals surface area contributed by atoms with Gasteiger partial charge in [0.05, 0.1) is 12.2 Å². The van der Waals surface area contributed by atoms with Crippen molar-refractivity contribution in [3.05, 3.63) is 58.9 Å². The molecule has 0 N–H and O–H groups in total. The lowest BCUT2D eigenvalue weighted by Crippen LogP contribution is -2.06. The molecular weight excluding hydrogens is 226 g/mol. The Bertz CT molecular complexity index is 620. The van der Waals surface area contributed by atoms with Gasteiger partial charge in [-0.25, -0.2) is 4.98 Å². The molecule has 18 heavy (non-hydrogen) atoms. The summed E-state index contributed by atoms with van der Waals surface area (Å²) in [5, 5.41) is 0. The summed E-state index contributed by atoms with van der Waals surface area (Å²) in [6, 6.07) is 11.2. The second kappa shape index (κ2) is 4.26. The van der Waals surface area contributed by atoms with Gasteiger partial charge in [0.1, 0.15) is 11.4 Å². The quantitative estimate of drug-likeness (QED) is 0.756. The number of para-hydroxylation sites is 1. The lowest BCUT2D eigenvalue weighted by atomic mass is 10.0. The van der Waals surface area contributed by atoms with E-state index < -0.39 is 0 Å². The van der Waals surface area contributed by atoms with Crippen LogP contribution in [0.1, 0.15) is 27.3 Å². The second-order valence-electron chi connectivity index (χ2n) is 4.39. The predicted octanol–water partition coefficient (Wildman–Crippen LogP) is 2.56. The number of pyridine rings is 1. The Morgan fingerprint density at radius 1 is 1.22 bits per heavy atom. The molecule has 2 aromatic rings. The molecule has 0 atom stereocenters. The van der Waals surface area contributed by atoms with Crippen LogP contribution in [0.5, 0.6) is 5.75 Å². The minimum absolute atomic E-state index is 0.0718. The first-order valence-corrected chi connectivity index (χ1v) is 5.99. The number of aromatic nitrogens is 1. The number of aryl methyl sites for hydroxylation is 1. The average Bonchev–Trinajstić information content (AvgIpc) is 2.86. The summed E-state index contributed by atoms with van der Waals surface area (Å²) in [6.45, 7) is 2.53. The zero-order valence-corrected chi connectivity index (χ0v) is 10.1. The van der Waals surface area contributed by atoms with Crippen molar-refractivity contribution in [3.8, 4) is 5.75 Å². The van der Waals surface area contributed by atoms with E-state index in [0.29, 0.717) is 17.9 Å². The first-order valence-electron chi connectivity index (χ1n) is 5.99. The molecule has 0 fully saturated rings. The van der Waals surface area contributed by atoms with Crippen LogP contribution in [-0.2, 0) is 6.42 Å². The number of fused-ring (bicyclic) bond motifs is 1. The number of carbonyl (C=O) groups excluding carboxylic acids is 1. The zero-order chi connectivity index (χ0) is 12.5. The molecule has 0 saturated carbocycles. The van der Waals surface area contributed by atoms with Gasteiger partial charge >= 0.3 is 0 Å². The number of carbonyl (C=O) groups is 1. The van der Waals surface area contributed by atoms with Gasteiger partial charge in [-0.15, -0.1) is 0 Å². The van der Waals surface area contributed by atoms with Gasteiger partial charge in [-0.2, -0.15) is 0 Å². The van der Waals surface area contributed by atoms with Gasteiger partial charge in [0.25, 0.3) is 0 Å². The second-order valence-corrected chi connectivity index (χ2v) is 4.39. The van der Waals surface area contributed by atoms with Gasteiger partial charge in [0.2, 0.25) is 5.78 Å². The van der Waals surface area contributed by atoms with Crippen molar-refractivity contribution in [1.82, 2.24) is 4.98 Å². The fourth-order valence-corrected chi connectivity index (χ4v) is 2.20. The normalized spacial score (nSPS) is 12.9. The molecule has 0 radical (unpaired) electrons. The molecule has 0 spiro atoms. The Morgan fingerprint density at radius 3 is 2.89 bits per heavy atom. The first kappa shape index (κ1) is 11.0. The lowest BCUT2D eigenvalue weighted by Gasteiger charge is -2.06. The highest BCUT2D eigenvalue weighted by Gasteiger charge is 2.21. The van der Waals surface area contributed by atoms with Crippen molar-refractivity contribution in [1.29, 1.82) is 0 Å². The van der Waals surface area contributed by atoms with Gasteiger partial charge in [0, 0.05) is 12.1 Å². The van der Waals surface area contributed by atoms with Crippen LogP contribution >= 0.6 is 0 Å². The van der Waals surface area contributed by atoms with Gasteiger partial charge in [0.15, 0.2) is 0 Å². The molecule has 1 aliphatic heterocycles. The number of hydrogen-bond acceptors (Lipinski definition) is 3. The molecule has 0 aliphatic carbocycles. The van der Waals surface area contributed by atoms with E-state index in [1.54, 1.807) is 12.1 Å². The molecule has 2 heterocycles. The highest BCUT2D eigenvalue weighted by atomic mass is 16.5. The molecule has 0 saturated heterocycles. The van der Waals surface area contributed by atoms with E-state index in [4.69, 9.17) is 4.74 Å². The van der Waals surface area contributed by atoms with Crippen molar-refractivity contribution < 1.29 is 9.53 Å². The van der Waals surface area contributed by atoms with Gasteiger partial charge in [-0.05, 0) is 30.7 Å². The van der Waals surface area contributed by atoms with E-state index in [-0.39, 0.29) is 5.78 Å². The molecule has 0 unspecified atom stereocenters. The van der Waals surface area contributed by atoms with Crippen molar-refractivity contribution >= 4 is 5.78 Å².